The Bertz CT molecular complexity index is 543. The molecule has 0 fully saturated rings. The van der Waals surface area contributed by atoms with Gasteiger partial charge in [0.25, 0.3) is 0 Å². The van der Waals surface area contributed by atoms with Gasteiger partial charge in [0.15, 0.2) is 0 Å². The molecule has 0 radical (unpaired) electrons. The molecule has 3 rings (SSSR count). The molecule has 2 aromatic carbocycles. The second kappa shape index (κ2) is 6.10. The van der Waals surface area contributed by atoms with E-state index in [1.54, 1.807) is 0 Å². The Labute approximate surface area is 124 Å². The lowest BCUT2D eigenvalue weighted by Crippen LogP contribution is -2.16. The Hall–Kier alpha value is -1.80. The first-order valence-corrected chi connectivity index (χ1v) is 7.30. The van der Waals surface area contributed by atoms with Gasteiger partial charge in [0.05, 0.1) is 17.5 Å². The van der Waals surface area contributed by atoms with E-state index in [1.165, 1.54) is 11.1 Å². The van der Waals surface area contributed by atoms with Crippen LogP contribution in [-0.4, -0.2) is 17.7 Å². The minimum Gasteiger partial charge on any atom is -0.391 e. The summed E-state index contributed by atoms with van der Waals surface area (Å²) in [6.45, 7) is 0. The van der Waals surface area contributed by atoms with Crippen LogP contribution in [0.4, 0.5) is 0 Å². The Morgan fingerprint density at radius 3 is 2.00 bits per heavy atom. The summed E-state index contributed by atoms with van der Waals surface area (Å²) in [5.74, 6) is 0.620. The van der Waals surface area contributed by atoms with Gasteiger partial charge in [-0.3, -0.25) is 0 Å². The number of rotatable bonds is 4. The summed E-state index contributed by atoms with van der Waals surface area (Å²) in [4.78, 5) is 5.39. The second-order valence-corrected chi connectivity index (χ2v) is 5.23. The molecular formula is C17H16ClNO. The van der Waals surface area contributed by atoms with Crippen molar-refractivity contribution >= 4 is 17.3 Å². The Balaban J connectivity index is 1.97. The second-order valence-electron chi connectivity index (χ2n) is 4.92. The number of hydrogen-bond acceptors (Lipinski definition) is 2. The molecule has 3 heteroatoms. The van der Waals surface area contributed by atoms with Gasteiger partial charge in [-0.05, 0) is 11.1 Å². The van der Waals surface area contributed by atoms with E-state index in [9.17, 15) is 0 Å². The molecule has 0 amide bonds. The van der Waals surface area contributed by atoms with Crippen LogP contribution in [0.1, 0.15) is 23.5 Å². The van der Waals surface area contributed by atoms with Crippen molar-refractivity contribution in [1.82, 2.24) is 0 Å². The fraction of sp³-hybridized carbons (Fsp3) is 0.235. The summed E-state index contributed by atoms with van der Waals surface area (Å²) in [7, 11) is 0. The highest BCUT2D eigenvalue weighted by molar-refractivity contribution is 6.18. The number of alkyl halides is 1. The summed E-state index contributed by atoms with van der Waals surface area (Å²) in [6, 6.07) is 20.8. The number of oxime groups is 1. The number of nitrogens with zero attached hydrogens (tertiary/aromatic N) is 1. The highest BCUT2D eigenvalue weighted by Gasteiger charge is 2.28. The van der Waals surface area contributed by atoms with Crippen molar-refractivity contribution in [3.63, 3.8) is 0 Å². The molecule has 1 aliphatic heterocycles. The van der Waals surface area contributed by atoms with E-state index < -0.39 is 0 Å². The first kappa shape index (κ1) is 13.2. The largest absolute Gasteiger partial charge is 0.391 e. The van der Waals surface area contributed by atoms with Crippen LogP contribution in [0.2, 0.25) is 0 Å². The van der Waals surface area contributed by atoms with Crippen LogP contribution in [0.15, 0.2) is 65.8 Å². The van der Waals surface area contributed by atoms with Gasteiger partial charge in [0.2, 0.25) is 0 Å². The lowest BCUT2D eigenvalue weighted by molar-refractivity contribution is 0.102. The summed E-state index contributed by atoms with van der Waals surface area (Å²) < 4.78 is 0. The topological polar surface area (TPSA) is 21.6 Å². The van der Waals surface area contributed by atoms with E-state index in [0.29, 0.717) is 5.88 Å². The molecular weight excluding hydrogens is 270 g/mol. The molecule has 2 aromatic rings. The fourth-order valence-electron chi connectivity index (χ4n) is 2.57. The van der Waals surface area contributed by atoms with Crippen molar-refractivity contribution in [3.8, 4) is 0 Å². The van der Waals surface area contributed by atoms with E-state index in [4.69, 9.17) is 16.4 Å². The zero-order valence-corrected chi connectivity index (χ0v) is 11.8. The van der Waals surface area contributed by atoms with Gasteiger partial charge in [0.1, 0.15) is 6.10 Å². The number of benzene rings is 2. The molecule has 2 nitrogen and oxygen atoms in total. The van der Waals surface area contributed by atoms with Crippen molar-refractivity contribution in [2.75, 3.05) is 5.88 Å². The zero-order valence-electron chi connectivity index (χ0n) is 11.1. The van der Waals surface area contributed by atoms with E-state index in [-0.39, 0.29) is 12.0 Å². The smallest absolute Gasteiger partial charge is 0.146 e. The minimum atomic E-state index is 0.00147. The Morgan fingerprint density at radius 2 is 1.55 bits per heavy atom. The van der Waals surface area contributed by atoms with Gasteiger partial charge < -0.3 is 4.84 Å². The normalized spacial score (nSPS) is 17.9. The van der Waals surface area contributed by atoms with Crippen LogP contribution < -0.4 is 0 Å². The molecule has 0 spiro atoms. The molecule has 1 aliphatic rings. The molecule has 0 N–H and O–H groups in total. The summed E-state index contributed by atoms with van der Waals surface area (Å²) in [6.07, 6.45) is 0.791. The molecule has 1 unspecified atom stereocenters. The number of halogens is 1. The molecule has 1 heterocycles. The van der Waals surface area contributed by atoms with Crippen LogP contribution >= 0.6 is 11.6 Å². The fourth-order valence-corrected chi connectivity index (χ4v) is 2.74. The van der Waals surface area contributed by atoms with Gasteiger partial charge in [-0.2, -0.15) is 0 Å². The first-order valence-electron chi connectivity index (χ1n) is 6.77. The van der Waals surface area contributed by atoms with Gasteiger partial charge in [-0.25, -0.2) is 0 Å². The van der Waals surface area contributed by atoms with Gasteiger partial charge in [0, 0.05) is 6.42 Å². The number of hydrogen-bond donors (Lipinski definition) is 0. The van der Waals surface area contributed by atoms with Crippen molar-refractivity contribution in [2.24, 2.45) is 5.16 Å². The predicted octanol–water partition coefficient (Wildman–Crippen LogP) is 4.20. The predicted molar refractivity (Wildman–Crippen MR) is 82.4 cm³/mol. The van der Waals surface area contributed by atoms with Gasteiger partial charge in [-0.1, -0.05) is 65.8 Å². The van der Waals surface area contributed by atoms with E-state index >= 15 is 0 Å². The van der Waals surface area contributed by atoms with Gasteiger partial charge in [-0.15, -0.1) is 11.6 Å². The SMILES string of the molecule is ClCC1CC(C(c2ccccc2)c2ccccc2)=NO1. The lowest BCUT2D eigenvalue weighted by atomic mass is 9.85. The monoisotopic (exact) mass is 285 g/mol. The third-order valence-electron chi connectivity index (χ3n) is 3.53. The van der Waals surface area contributed by atoms with Crippen molar-refractivity contribution < 1.29 is 4.84 Å². The Morgan fingerprint density at radius 1 is 1.00 bits per heavy atom. The van der Waals surface area contributed by atoms with Crippen LogP contribution in [0.3, 0.4) is 0 Å². The molecule has 1 atom stereocenters. The van der Waals surface area contributed by atoms with Crippen LogP contribution in [0.5, 0.6) is 0 Å². The maximum Gasteiger partial charge on any atom is 0.146 e. The molecule has 0 saturated heterocycles. The maximum absolute atomic E-state index is 5.87. The highest BCUT2D eigenvalue weighted by Crippen LogP contribution is 2.31. The molecule has 0 aliphatic carbocycles. The molecule has 0 aromatic heterocycles. The average molecular weight is 286 g/mol. The zero-order chi connectivity index (χ0) is 13.8. The third kappa shape index (κ3) is 2.70. The Kier molecular flexibility index (Phi) is 4.03. The third-order valence-corrected chi connectivity index (χ3v) is 3.87. The average Bonchev–Trinajstić information content (AvgIpc) is 2.98. The van der Waals surface area contributed by atoms with Gasteiger partial charge >= 0.3 is 0 Å². The van der Waals surface area contributed by atoms with Crippen molar-refractivity contribution in [3.05, 3.63) is 71.8 Å². The summed E-state index contributed by atoms with van der Waals surface area (Å²) in [5, 5.41) is 4.27. The molecule has 0 saturated carbocycles. The maximum atomic E-state index is 5.87. The first-order chi connectivity index (χ1) is 9.88. The van der Waals surface area contributed by atoms with Crippen LogP contribution in [0, 0.1) is 0 Å². The quantitative estimate of drug-likeness (QED) is 0.772. The summed E-state index contributed by atoms with van der Waals surface area (Å²) in [5.41, 5.74) is 3.51. The lowest BCUT2D eigenvalue weighted by Gasteiger charge is -2.17. The minimum absolute atomic E-state index is 0.00147. The standard InChI is InChI=1S/C17H16ClNO/c18-12-15-11-16(19-20-15)17(13-7-3-1-4-8-13)14-9-5-2-6-10-14/h1-10,15,17H,11-12H2. The van der Waals surface area contributed by atoms with Crippen LogP contribution in [-0.2, 0) is 4.84 Å². The highest BCUT2D eigenvalue weighted by atomic mass is 35.5. The van der Waals surface area contributed by atoms with Crippen molar-refractivity contribution in [1.29, 1.82) is 0 Å². The van der Waals surface area contributed by atoms with Crippen molar-refractivity contribution in [2.45, 2.75) is 18.4 Å². The van der Waals surface area contributed by atoms with E-state index in [1.807, 2.05) is 12.1 Å². The van der Waals surface area contributed by atoms with E-state index in [0.717, 1.165) is 12.1 Å². The van der Waals surface area contributed by atoms with Crippen LogP contribution in [0.25, 0.3) is 0 Å². The summed E-state index contributed by atoms with van der Waals surface area (Å²) >= 11 is 5.87. The van der Waals surface area contributed by atoms with E-state index in [2.05, 4.69) is 53.7 Å². The molecule has 102 valence electrons. The molecule has 20 heavy (non-hydrogen) atoms. The molecule has 0 bridgehead atoms.